The average molecular weight is 420 g/mol. The molecule has 4 aromatic rings. The molecule has 0 spiro atoms. The number of hydrogen-bond acceptors (Lipinski definition) is 2. The third-order valence-corrected chi connectivity index (χ3v) is 8.07. The van der Waals surface area contributed by atoms with Gasteiger partial charge in [-0.2, -0.15) is 0 Å². The van der Waals surface area contributed by atoms with Gasteiger partial charge in [-0.15, -0.1) is 0 Å². The SMILES string of the molecule is CC1(C)c2cc(B3OC(C)(C)C(C)(C)O3)ccc2-c2c1c1ccccc1c1ccccc21. The van der Waals surface area contributed by atoms with Crippen LogP contribution in [0.1, 0.15) is 52.7 Å². The molecule has 0 bridgehead atoms. The molecule has 2 aliphatic rings. The summed E-state index contributed by atoms with van der Waals surface area (Å²) in [6, 6.07) is 24.5. The molecule has 0 atom stereocenters. The molecule has 0 amide bonds. The summed E-state index contributed by atoms with van der Waals surface area (Å²) in [5.74, 6) is 0. The molecule has 160 valence electrons. The van der Waals surface area contributed by atoms with E-state index in [4.69, 9.17) is 9.31 Å². The molecule has 0 radical (unpaired) electrons. The van der Waals surface area contributed by atoms with Gasteiger partial charge >= 0.3 is 7.12 Å². The van der Waals surface area contributed by atoms with Gasteiger partial charge in [0.05, 0.1) is 11.2 Å². The van der Waals surface area contributed by atoms with Crippen LogP contribution in [-0.2, 0) is 14.7 Å². The predicted molar refractivity (Wildman–Crippen MR) is 135 cm³/mol. The highest BCUT2D eigenvalue weighted by molar-refractivity contribution is 6.62. The molecule has 32 heavy (non-hydrogen) atoms. The van der Waals surface area contributed by atoms with Crippen LogP contribution in [0.5, 0.6) is 0 Å². The highest BCUT2D eigenvalue weighted by atomic mass is 16.7. The molecule has 6 rings (SSSR count). The molecule has 1 heterocycles. The zero-order valence-electron chi connectivity index (χ0n) is 19.7. The Hall–Kier alpha value is -2.62. The maximum absolute atomic E-state index is 6.37. The lowest BCUT2D eigenvalue weighted by molar-refractivity contribution is 0.00578. The summed E-state index contributed by atoms with van der Waals surface area (Å²) in [5.41, 5.74) is 5.76. The van der Waals surface area contributed by atoms with E-state index in [-0.39, 0.29) is 23.7 Å². The second-order valence-electron chi connectivity index (χ2n) is 10.9. The van der Waals surface area contributed by atoms with Crippen molar-refractivity contribution in [3.8, 4) is 11.1 Å². The van der Waals surface area contributed by atoms with Crippen molar-refractivity contribution in [2.75, 3.05) is 0 Å². The van der Waals surface area contributed by atoms with Gasteiger partial charge in [-0.25, -0.2) is 0 Å². The van der Waals surface area contributed by atoms with E-state index in [1.807, 2.05) is 0 Å². The third kappa shape index (κ3) is 2.50. The first-order valence-corrected chi connectivity index (χ1v) is 11.6. The van der Waals surface area contributed by atoms with Crippen LogP contribution in [0.4, 0.5) is 0 Å². The van der Waals surface area contributed by atoms with Crippen LogP contribution >= 0.6 is 0 Å². The van der Waals surface area contributed by atoms with Crippen molar-refractivity contribution in [3.63, 3.8) is 0 Å². The Morgan fingerprint density at radius 1 is 0.625 bits per heavy atom. The van der Waals surface area contributed by atoms with E-state index in [9.17, 15) is 0 Å². The Labute approximate surface area is 190 Å². The van der Waals surface area contributed by atoms with Gasteiger partial charge in [0.1, 0.15) is 0 Å². The van der Waals surface area contributed by atoms with Crippen molar-refractivity contribution in [1.82, 2.24) is 0 Å². The topological polar surface area (TPSA) is 18.5 Å². The van der Waals surface area contributed by atoms with Crippen molar-refractivity contribution in [1.29, 1.82) is 0 Å². The van der Waals surface area contributed by atoms with Gasteiger partial charge in [0.2, 0.25) is 0 Å². The van der Waals surface area contributed by atoms with Crippen LogP contribution in [0.2, 0.25) is 0 Å². The van der Waals surface area contributed by atoms with E-state index in [0.29, 0.717) is 0 Å². The number of rotatable bonds is 1. The fraction of sp³-hybridized carbons (Fsp3) is 0.310. The summed E-state index contributed by atoms with van der Waals surface area (Å²) in [4.78, 5) is 0. The van der Waals surface area contributed by atoms with Gasteiger partial charge in [-0.05, 0) is 77.0 Å². The Kier molecular flexibility index (Phi) is 3.91. The Morgan fingerprint density at radius 3 is 1.78 bits per heavy atom. The van der Waals surface area contributed by atoms with Crippen LogP contribution in [0.3, 0.4) is 0 Å². The Bertz CT molecular complexity index is 1400. The largest absolute Gasteiger partial charge is 0.494 e. The van der Waals surface area contributed by atoms with Crippen LogP contribution in [0, 0.1) is 0 Å². The monoisotopic (exact) mass is 420 g/mol. The van der Waals surface area contributed by atoms with E-state index in [0.717, 1.165) is 5.46 Å². The fourth-order valence-electron chi connectivity index (χ4n) is 5.63. The van der Waals surface area contributed by atoms with Crippen LogP contribution < -0.4 is 5.46 Å². The maximum Gasteiger partial charge on any atom is 0.494 e. The molecule has 2 nitrogen and oxygen atoms in total. The predicted octanol–water partition coefficient (Wildman–Crippen LogP) is 6.60. The van der Waals surface area contributed by atoms with Crippen LogP contribution in [-0.4, -0.2) is 18.3 Å². The van der Waals surface area contributed by atoms with Crippen molar-refractivity contribution >= 4 is 34.1 Å². The van der Waals surface area contributed by atoms with E-state index in [1.54, 1.807) is 0 Å². The van der Waals surface area contributed by atoms with Gasteiger partial charge in [0, 0.05) is 5.41 Å². The minimum Gasteiger partial charge on any atom is -0.399 e. The molecular weight excluding hydrogens is 391 g/mol. The molecule has 0 N–H and O–H groups in total. The standard InChI is InChI=1S/C29H29BO2/c1-27(2)24-17-18(30-31-28(3,4)29(5,6)32-30)15-16-23(24)25-21-13-9-7-11-19(21)20-12-8-10-14-22(20)26(25)27/h7-17H,1-6H3. The molecular formula is C29H29BO2. The van der Waals surface area contributed by atoms with Crippen molar-refractivity contribution in [3.05, 3.63) is 77.9 Å². The van der Waals surface area contributed by atoms with Crippen molar-refractivity contribution < 1.29 is 9.31 Å². The molecule has 1 saturated heterocycles. The first-order valence-electron chi connectivity index (χ1n) is 11.6. The van der Waals surface area contributed by atoms with Crippen LogP contribution in [0.15, 0.2) is 66.7 Å². The Balaban J connectivity index is 1.61. The highest BCUT2D eigenvalue weighted by Gasteiger charge is 2.52. The zero-order valence-corrected chi connectivity index (χ0v) is 19.7. The number of benzene rings is 4. The quantitative estimate of drug-likeness (QED) is 0.255. The fourth-order valence-corrected chi connectivity index (χ4v) is 5.63. The lowest BCUT2D eigenvalue weighted by Crippen LogP contribution is -2.41. The van der Waals surface area contributed by atoms with Gasteiger partial charge in [0.25, 0.3) is 0 Å². The first kappa shape index (κ1) is 20.0. The van der Waals surface area contributed by atoms with Gasteiger partial charge < -0.3 is 9.31 Å². The Morgan fingerprint density at radius 2 is 1.16 bits per heavy atom. The summed E-state index contributed by atoms with van der Waals surface area (Å²) in [5, 5.41) is 5.32. The third-order valence-electron chi connectivity index (χ3n) is 8.07. The molecule has 4 aromatic carbocycles. The number of hydrogen-bond donors (Lipinski definition) is 0. The average Bonchev–Trinajstić information content (AvgIpc) is 3.13. The smallest absolute Gasteiger partial charge is 0.399 e. The van der Waals surface area contributed by atoms with Gasteiger partial charge in [-0.1, -0.05) is 80.6 Å². The maximum atomic E-state index is 6.37. The van der Waals surface area contributed by atoms with E-state index < -0.39 is 0 Å². The molecule has 0 aromatic heterocycles. The normalized spacial score (nSPS) is 20.0. The van der Waals surface area contributed by atoms with Crippen molar-refractivity contribution in [2.24, 2.45) is 0 Å². The number of fused-ring (bicyclic) bond motifs is 8. The summed E-state index contributed by atoms with van der Waals surface area (Å²) in [7, 11) is -0.349. The minimum absolute atomic E-state index is 0.117. The lowest BCUT2D eigenvalue weighted by atomic mass is 9.74. The van der Waals surface area contributed by atoms with Crippen LogP contribution in [0.25, 0.3) is 32.7 Å². The highest BCUT2D eigenvalue weighted by Crippen LogP contribution is 2.54. The molecule has 0 saturated carbocycles. The second kappa shape index (κ2) is 6.24. The first-order chi connectivity index (χ1) is 15.1. The molecule has 1 aliphatic heterocycles. The summed E-state index contributed by atoms with van der Waals surface area (Å²) in [6.45, 7) is 13.1. The van der Waals surface area contributed by atoms with E-state index >= 15 is 0 Å². The second-order valence-corrected chi connectivity index (χ2v) is 10.9. The molecule has 0 unspecified atom stereocenters. The minimum atomic E-state index is -0.349. The molecule has 3 heteroatoms. The summed E-state index contributed by atoms with van der Waals surface area (Å²) < 4.78 is 12.7. The molecule has 1 aliphatic carbocycles. The molecule has 1 fully saturated rings. The van der Waals surface area contributed by atoms with Crippen molar-refractivity contribution in [2.45, 2.75) is 58.2 Å². The van der Waals surface area contributed by atoms with E-state index in [1.165, 1.54) is 43.8 Å². The summed E-state index contributed by atoms with van der Waals surface area (Å²) >= 11 is 0. The summed E-state index contributed by atoms with van der Waals surface area (Å²) in [6.07, 6.45) is 0. The van der Waals surface area contributed by atoms with E-state index in [2.05, 4.69) is 108 Å². The van der Waals surface area contributed by atoms with Gasteiger partial charge in [-0.3, -0.25) is 0 Å². The lowest BCUT2D eigenvalue weighted by Gasteiger charge is -2.32. The zero-order chi connectivity index (χ0) is 22.5. The van der Waals surface area contributed by atoms with Gasteiger partial charge in [0.15, 0.2) is 0 Å².